The maximum atomic E-state index is 13.4. The van der Waals surface area contributed by atoms with E-state index >= 15 is 0 Å². The van der Waals surface area contributed by atoms with Gasteiger partial charge in [-0.05, 0) is 41.2 Å². The van der Waals surface area contributed by atoms with E-state index in [1.807, 2.05) is 13.0 Å². The summed E-state index contributed by atoms with van der Waals surface area (Å²) in [5.74, 6) is 0.244. The molecule has 1 atom stereocenters. The van der Waals surface area contributed by atoms with Gasteiger partial charge in [-0.2, -0.15) is 0 Å². The number of benzene rings is 2. The van der Waals surface area contributed by atoms with Crippen molar-refractivity contribution >= 4 is 0 Å². The van der Waals surface area contributed by atoms with Crippen LogP contribution < -0.4 is 0 Å². The lowest BCUT2D eigenvalue weighted by Crippen LogP contribution is -2.29. The second kappa shape index (κ2) is 6.40. The molecule has 0 aromatic heterocycles. The molecule has 0 aliphatic heterocycles. The number of aliphatic hydroxyl groups is 1. The first kappa shape index (κ1) is 15.7. The van der Waals surface area contributed by atoms with Crippen LogP contribution in [0.25, 0.3) is 0 Å². The van der Waals surface area contributed by atoms with Crippen LogP contribution >= 0.6 is 0 Å². The molecule has 0 aliphatic carbocycles. The first-order valence-corrected chi connectivity index (χ1v) is 7.40. The third kappa shape index (κ3) is 3.70. The van der Waals surface area contributed by atoms with E-state index in [4.69, 9.17) is 0 Å². The lowest BCUT2D eigenvalue weighted by Gasteiger charge is -2.28. The molecule has 21 heavy (non-hydrogen) atoms. The summed E-state index contributed by atoms with van der Waals surface area (Å²) >= 11 is 0. The van der Waals surface area contributed by atoms with E-state index in [0.717, 1.165) is 11.1 Å². The Bertz CT molecular complexity index is 589. The van der Waals surface area contributed by atoms with Crippen LogP contribution in [0.4, 0.5) is 4.39 Å². The van der Waals surface area contributed by atoms with Crippen LogP contribution in [-0.2, 0) is 11.8 Å². The third-order valence-corrected chi connectivity index (χ3v) is 4.11. The van der Waals surface area contributed by atoms with Crippen molar-refractivity contribution in [2.24, 2.45) is 0 Å². The maximum Gasteiger partial charge on any atom is 0.123 e. The van der Waals surface area contributed by atoms with E-state index in [1.165, 1.54) is 17.7 Å². The van der Waals surface area contributed by atoms with E-state index in [9.17, 15) is 9.50 Å². The topological polar surface area (TPSA) is 20.2 Å². The molecule has 2 aromatic carbocycles. The van der Waals surface area contributed by atoms with Crippen molar-refractivity contribution in [1.82, 2.24) is 0 Å². The van der Waals surface area contributed by atoms with Crippen molar-refractivity contribution in [3.63, 3.8) is 0 Å². The number of aliphatic hydroxyl groups excluding tert-OH is 1. The molecule has 2 aromatic rings. The second-order valence-electron chi connectivity index (χ2n) is 6.30. The van der Waals surface area contributed by atoms with Crippen LogP contribution in [0.3, 0.4) is 0 Å². The Morgan fingerprint density at radius 1 is 1.10 bits per heavy atom. The SMILES string of the molecule is CC(C)c1ccc(CC(C)(CO)c2cccc(F)c2)cc1. The van der Waals surface area contributed by atoms with Crippen molar-refractivity contribution in [3.05, 3.63) is 71.0 Å². The van der Waals surface area contributed by atoms with Gasteiger partial charge in [0.05, 0.1) is 6.61 Å². The smallest absolute Gasteiger partial charge is 0.123 e. The highest BCUT2D eigenvalue weighted by Crippen LogP contribution is 2.29. The average molecular weight is 286 g/mol. The number of halogens is 1. The van der Waals surface area contributed by atoms with Gasteiger partial charge in [0.2, 0.25) is 0 Å². The normalized spacial score (nSPS) is 14.2. The molecule has 1 nitrogen and oxygen atoms in total. The first-order valence-electron chi connectivity index (χ1n) is 7.40. The van der Waals surface area contributed by atoms with Gasteiger partial charge in [0.25, 0.3) is 0 Å². The van der Waals surface area contributed by atoms with Crippen molar-refractivity contribution < 1.29 is 9.50 Å². The highest BCUT2D eigenvalue weighted by atomic mass is 19.1. The molecule has 0 saturated heterocycles. The monoisotopic (exact) mass is 286 g/mol. The van der Waals surface area contributed by atoms with Gasteiger partial charge in [-0.3, -0.25) is 0 Å². The Balaban J connectivity index is 2.25. The Kier molecular flexibility index (Phi) is 4.79. The zero-order valence-corrected chi connectivity index (χ0v) is 12.9. The minimum Gasteiger partial charge on any atom is -0.395 e. The third-order valence-electron chi connectivity index (χ3n) is 4.11. The quantitative estimate of drug-likeness (QED) is 0.861. The van der Waals surface area contributed by atoms with Crippen LogP contribution in [-0.4, -0.2) is 11.7 Å². The van der Waals surface area contributed by atoms with Crippen LogP contribution in [0, 0.1) is 5.82 Å². The van der Waals surface area contributed by atoms with Gasteiger partial charge in [0.1, 0.15) is 5.82 Å². The highest BCUT2D eigenvalue weighted by molar-refractivity contribution is 5.31. The Labute approximate surface area is 126 Å². The van der Waals surface area contributed by atoms with Crippen LogP contribution in [0.2, 0.25) is 0 Å². The Morgan fingerprint density at radius 3 is 2.29 bits per heavy atom. The van der Waals surface area contributed by atoms with Gasteiger partial charge in [0, 0.05) is 5.41 Å². The molecule has 2 heteroatoms. The molecule has 0 amide bonds. The molecule has 0 fully saturated rings. The van der Waals surface area contributed by atoms with Crippen LogP contribution in [0.5, 0.6) is 0 Å². The fraction of sp³-hybridized carbons (Fsp3) is 0.368. The van der Waals surface area contributed by atoms with Gasteiger partial charge < -0.3 is 5.11 Å². The molecule has 0 bridgehead atoms. The van der Waals surface area contributed by atoms with E-state index in [-0.39, 0.29) is 12.4 Å². The molecule has 0 spiro atoms. The highest BCUT2D eigenvalue weighted by Gasteiger charge is 2.26. The first-order chi connectivity index (χ1) is 9.94. The van der Waals surface area contributed by atoms with E-state index < -0.39 is 5.41 Å². The summed E-state index contributed by atoms with van der Waals surface area (Å²) in [5.41, 5.74) is 2.81. The Hall–Kier alpha value is -1.67. The van der Waals surface area contributed by atoms with Crippen LogP contribution in [0.1, 0.15) is 43.4 Å². The number of hydrogen-bond acceptors (Lipinski definition) is 1. The van der Waals surface area contributed by atoms with Gasteiger partial charge >= 0.3 is 0 Å². The molecule has 2 rings (SSSR count). The fourth-order valence-electron chi connectivity index (χ4n) is 2.58. The van der Waals surface area contributed by atoms with E-state index in [2.05, 4.69) is 38.1 Å². The van der Waals surface area contributed by atoms with Crippen molar-refractivity contribution in [2.75, 3.05) is 6.61 Å². The summed E-state index contributed by atoms with van der Waals surface area (Å²) < 4.78 is 13.4. The molecular weight excluding hydrogens is 263 g/mol. The fourth-order valence-corrected chi connectivity index (χ4v) is 2.58. The zero-order valence-electron chi connectivity index (χ0n) is 12.9. The predicted octanol–water partition coefficient (Wildman–Crippen LogP) is 4.44. The lowest BCUT2D eigenvalue weighted by atomic mass is 9.78. The number of hydrogen-bond donors (Lipinski definition) is 1. The van der Waals surface area contributed by atoms with Crippen molar-refractivity contribution in [2.45, 2.75) is 38.5 Å². The largest absolute Gasteiger partial charge is 0.395 e. The molecule has 0 saturated carbocycles. The van der Waals surface area contributed by atoms with Gasteiger partial charge in [-0.25, -0.2) is 4.39 Å². The van der Waals surface area contributed by atoms with Gasteiger partial charge in [0.15, 0.2) is 0 Å². The molecule has 0 heterocycles. The average Bonchev–Trinajstić information content (AvgIpc) is 2.47. The molecular formula is C19H23FO. The molecule has 112 valence electrons. The number of rotatable bonds is 5. The van der Waals surface area contributed by atoms with Crippen LogP contribution in [0.15, 0.2) is 48.5 Å². The summed E-state index contributed by atoms with van der Waals surface area (Å²) in [4.78, 5) is 0. The molecule has 1 unspecified atom stereocenters. The predicted molar refractivity (Wildman–Crippen MR) is 85.1 cm³/mol. The van der Waals surface area contributed by atoms with Crippen molar-refractivity contribution in [3.8, 4) is 0 Å². The summed E-state index contributed by atoms with van der Waals surface area (Å²) in [7, 11) is 0. The second-order valence-corrected chi connectivity index (χ2v) is 6.30. The molecule has 1 N–H and O–H groups in total. The maximum absolute atomic E-state index is 13.4. The van der Waals surface area contributed by atoms with E-state index in [0.29, 0.717) is 12.3 Å². The summed E-state index contributed by atoms with van der Waals surface area (Å²) in [6, 6.07) is 15.0. The minimum atomic E-state index is -0.471. The minimum absolute atomic E-state index is 0.0115. The standard InChI is InChI=1S/C19H23FO/c1-14(2)16-9-7-15(8-10-16)12-19(3,13-21)17-5-4-6-18(20)11-17/h4-11,14,21H,12-13H2,1-3H3. The summed E-state index contributed by atoms with van der Waals surface area (Å²) in [6.45, 7) is 6.29. The summed E-state index contributed by atoms with van der Waals surface area (Å²) in [6.07, 6.45) is 0.686. The van der Waals surface area contributed by atoms with E-state index in [1.54, 1.807) is 6.07 Å². The lowest BCUT2D eigenvalue weighted by molar-refractivity contribution is 0.204. The molecule has 0 aliphatic rings. The molecule has 0 radical (unpaired) electrons. The Morgan fingerprint density at radius 2 is 1.76 bits per heavy atom. The van der Waals surface area contributed by atoms with Gasteiger partial charge in [-0.15, -0.1) is 0 Å². The van der Waals surface area contributed by atoms with Crippen molar-refractivity contribution in [1.29, 1.82) is 0 Å². The zero-order chi connectivity index (χ0) is 15.5. The summed E-state index contributed by atoms with van der Waals surface area (Å²) in [5, 5.41) is 9.81. The van der Waals surface area contributed by atoms with Gasteiger partial charge in [-0.1, -0.05) is 57.2 Å².